The fraction of sp³-hybridized carbons (Fsp3) is 0.333. The Balaban J connectivity index is 2.72. The molecule has 0 aliphatic heterocycles. The number of hydrogen-bond donors (Lipinski definition) is 1. The molecule has 1 atom stereocenters. The summed E-state index contributed by atoms with van der Waals surface area (Å²) >= 11 is 0. The van der Waals surface area contributed by atoms with E-state index in [0.717, 1.165) is 12.0 Å². The smallest absolute Gasteiger partial charge is 0.0701 e. The molecule has 1 aromatic heterocycles. The molecule has 1 unspecified atom stereocenters. The van der Waals surface area contributed by atoms with Gasteiger partial charge in [-0.05, 0) is 18.1 Å². The monoisotopic (exact) mass is 163 g/mol. The average molecular weight is 163 g/mol. The summed E-state index contributed by atoms with van der Waals surface area (Å²) < 4.78 is 0. The normalized spacial score (nSPS) is 12.1. The van der Waals surface area contributed by atoms with Crippen LogP contribution in [0.25, 0.3) is 0 Å². The molecule has 0 aliphatic rings. The van der Waals surface area contributed by atoms with Crippen molar-refractivity contribution in [1.29, 1.82) is 0 Å². The summed E-state index contributed by atoms with van der Waals surface area (Å²) in [7, 11) is 0. The van der Waals surface area contributed by atoms with Crippen molar-refractivity contribution < 1.29 is 0 Å². The van der Waals surface area contributed by atoms with Gasteiger partial charge in [-0.25, -0.2) is 0 Å². The summed E-state index contributed by atoms with van der Waals surface area (Å²) in [6.07, 6.45) is 4.58. The SMILES string of the molecule is C=NNC(CC)c1cccnc1. The lowest BCUT2D eigenvalue weighted by molar-refractivity contribution is 0.543. The second kappa shape index (κ2) is 4.49. The predicted octanol–water partition coefficient (Wildman–Crippen LogP) is 1.74. The maximum Gasteiger partial charge on any atom is 0.0701 e. The van der Waals surface area contributed by atoms with E-state index in [2.05, 4.69) is 29.2 Å². The van der Waals surface area contributed by atoms with Gasteiger partial charge >= 0.3 is 0 Å². The van der Waals surface area contributed by atoms with Gasteiger partial charge in [0.25, 0.3) is 0 Å². The highest BCUT2D eigenvalue weighted by molar-refractivity contribution is 5.23. The van der Waals surface area contributed by atoms with Crippen molar-refractivity contribution in [3.63, 3.8) is 0 Å². The molecule has 0 bridgehead atoms. The van der Waals surface area contributed by atoms with Crippen LogP contribution in [0.15, 0.2) is 29.6 Å². The number of pyridine rings is 1. The lowest BCUT2D eigenvalue weighted by Gasteiger charge is -2.13. The molecule has 0 aliphatic carbocycles. The zero-order valence-corrected chi connectivity index (χ0v) is 7.20. The van der Waals surface area contributed by atoms with Gasteiger partial charge in [0.15, 0.2) is 0 Å². The number of aromatic nitrogens is 1. The first-order valence-electron chi connectivity index (χ1n) is 3.99. The lowest BCUT2D eigenvalue weighted by Crippen LogP contribution is -2.14. The fourth-order valence-electron chi connectivity index (χ4n) is 1.09. The van der Waals surface area contributed by atoms with Gasteiger partial charge in [0.05, 0.1) is 6.04 Å². The third-order valence-electron chi connectivity index (χ3n) is 1.74. The van der Waals surface area contributed by atoms with Crippen LogP contribution in [0.2, 0.25) is 0 Å². The molecule has 0 amide bonds. The minimum absolute atomic E-state index is 0.233. The molecule has 0 radical (unpaired) electrons. The number of hydrazone groups is 1. The van der Waals surface area contributed by atoms with E-state index in [1.165, 1.54) is 0 Å². The first-order valence-corrected chi connectivity index (χ1v) is 3.99. The van der Waals surface area contributed by atoms with Gasteiger partial charge < -0.3 is 5.43 Å². The standard InChI is InChI=1S/C9H13N3/c1-3-9(12-10-2)8-5-4-6-11-7-8/h4-7,9,12H,2-3H2,1H3. The Morgan fingerprint density at radius 2 is 2.58 bits per heavy atom. The van der Waals surface area contributed by atoms with Gasteiger partial charge in [-0.2, -0.15) is 5.10 Å². The van der Waals surface area contributed by atoms with Gasteiger partial charge in [0, 0.05) is 19.1 Å². The Kier molecular flexibility index (Phi) is 3.26. The van der Waals surface area contributed by atoms with Crippen LogP contribution < -0.4 is 5.43 Å². The van der Waals surface area contributed by atoms with E-state index in [0.29, 0.717) is 0 Å². The van der Waals surface area contributed by atoms with Crippen LogP contribution in [0.5, 0.6) is 0 Å². The molecule has 3 nitrogen and oxygen atoms in total. The van der Waals surface area contributed by atoms with Crippen molar-refractivity contribution in [3.05, 3.63) is 30.1 Å². The molecule has 0 aromatic carbocycles. The number of rotatable bonds is 4. The molecule has 0 saturated heterocycles. The highest BCUT2D eigenvalue weighted by Crippen LogP contribution is 2.13. The second-order valence-corrected chi connectivity index (χ2v) is 2.53. The summed E-state index contributed by atoms with van der Waals surface area (Å²) in [6.45, 7) is 5.49. The van der Waals surface area contributed by atoms with Crippen LogP contribution in [0.4, 0.5) is 0 Å². The lowest BCUT2D eigenvalue weighted by atomic mass is 10.1. The summed E-state index contributed by atoms with van der Waals surface area (Å²) in [6, 6.07) is 4.18. The van der Waals surface area contributed by atoms with Crippen LogP contribution >= 0.6 is 0 Å². The van der Waals surface area contributed by atoms with Crippen molar-refractivity contribution in [1.82, 2.24) is 10.4 Å². The Hall–Kier alpha value is -1.38. The summed E-state index contributed by atoms with van der Waals surface area (Å²) in [4.78, 5) is 4.03. The molecule has 12 heavy (non-hydrogen) atoms. The first-order chi connectivity index (χ1) is 5.88. The van der Waals surface area contributed by atoms with Crippen molar-refractivity contribution in [2.75, 3.05) is 0 Å². The molecule has 1 N–H and O–H groups in total. The Bertz CT molecular complexity index is 233. The molecular weight excluding hydrogens is 150 g/mol. The highest BCUT2D eigenvalue weighted by Gasteiger charge is 2.05. The van der Waals surface area contributed by atoms with E-state index in [1.807, 2.05) is 18.3 Å². The quantitative estimate of drug-likeness (QED) is 0.542. The molecule has 1 heterocycles. The third kappa shape index (κ3) is 2.05. The fourth-order valence-corrected chi connectivity index (χ4v) is 1.09. The molecule has 1 aromatic rings. The van der Waals surface area contributed by atoms with E-state index >= 15 is 0 Å². The minimum Gasteiger partial charge on any atom is -0.303 e. The van der Waals surface area contributed by atoms with E-state index < -0.39 is 0 Å². The van der Waals surface area contributed by atoms with E-state index in [4.69, 9.17) is 0 Å². The largest absolute Gasteiger partial charge is 0.303 e. The van der Waals surface area contributed by atoms with Crippen LogP contribution in [0, 0.1) is 0 Å². The Labute approximate surface area is 72.5 Å². The van der Waals surface area contributed by atoms with Crippen molar-refractivity contribution in [3.8, 4) is 0 Å². The molecule has 0 spiro atoms. The number of nitrogens with one attached hydrogen (secondary N) is 1. The highest BCUT2D eigenvalue weighted by atomic mass is 15.3. The Morgan fingerprint density at radius 1 is 1.75 bits per heavy atom. The van der Waals surface area contributed by atoms with Crippen LogP contribution in [-0.4, -0.2) is 11.7 Å². The number of nitrogens with zero attached hydrogens (tertiary/aromatic N) is 2. The van der Waals surface area contributed by atoms with Gasteiger partial charge in [-0.3, -0.25) is 4.98 Å². The van der Waals surface area contributed by atoms with Gasteiger partial charge in [0.2, 0.25) is 0 Å². The summed E-state index contributed by atoms with van der Waals surface area (Å²) in [5, 5.41) is 3.66. The average Bonchev–Trinajstić information content (AvgIpc) is 2.15. The summed E-state index contributed by atoms with van der Waals surface area (Å²) in [5.41, 5.74) is 4.07. The van der Waals surface area contributed by atoms with Crippen LogP contribution in [-0.2, 0) is 0 Å². The van der Waals surface area contributed by atoms with Crippen molar-refractivity contribution in [2.45, 2.75) is 19.4 Å². The topological polar surface area (TPSA) is 37.3 Å². The zero-order chi connectivity index (χ0) is 8.81. The van der Waals surface area contributed by atoms with E-state index in [1.54, 1.807) is 6.20 Å². The molecule has 0 fully saturated rings. The molecule has 3 heteroatoms. The molecular formula is C9H13N3. The van der Waals surface area contributed by atoms with E-state index in [9.17, 15) is 0 Å². The summed E-state index contributed by atoms with van der Waals surface area (Å²) in [5.74, 6) is 0. The maximum absolute atomic E-state index is 4.03. The second-order valence-electron chi connectivity index (χ2n) is 2.53. The maximum atomic E-state index is 4.03. The zero-order valence-electron chi connectivity index (χ0n) is 7.20. The number of hydrogen-bond acceptors (Lipinski definition) is 3. The Morgan fingerprint density at radius 3 is 3.08 bits per heavy atom. The molecule has 64 valence electrons. The van der Waals surface area contributed by atoms with Crippen molar-refractivity contribution >= 4 is 6.72 Å². The van der Waals surface area contributed by atoms with Crippen LogP contribution in [0.1, 0.15) is 24.9 Å². The third-order valence-corrected chi connectivity index (χ3v) is 1.74. The van der Waals surface area contributed by atoms with Gasteiger partial charge in [0.1, 0.15) is 0 Å². The molecule has 0 saturated carbocycles. The first kappa shape index (κ1) is 8.71. The van der Waals surface area contributed by atoms with Gasteiger partial charge in [-0.15, -0.1) is 0 Å². The predicted molar refractivity (Wildman–Crippen MR) is 50.0 cm³/mol. The molecule has 1 rings (SSSR count). The van der Waals surface area contributed by atoms with Gasteiger partial charge in [-0.1, -0.05) is 13.0 Å². The van der Waals surface area contributed by atoms with Crippen molar-refractivity contribution in [2.24, 2.45) is 5.10 Å². The van der Waals surface area contributed by atoms with Crippen LogP contribution in [0.3, 0.4) is 0 Å². The van der Waals surface area contributed by atoms with E-state index in [-0.39, 0.29) is 6.04 Å². The minimum atomic E-state index is 0.233.